The van der Waals surface area contributed by atoms with E-state index in [1.165, 1.54) is 0 Å². The molecule has 2 aromatic heterocycles. The fourth-order valence-corrected chi connectivity index (χ4v) is 1.51. The molecule has 5 nitrogen and oxygen atoms in total. The molecule has 0 fully saturated rings. The van der Waals surface area contributed by atoms with Gasteiger partial charge in [0.15, 0.2) is 0 Å². The number of rotatable bonds is 4. The van der Waals surface area contributed by atoms with Crippen LogP contribution in [-0.2, 0) is 6.54 Å². The lowest BCUT2D eigenvalue weighted by atomic mass is 10.2. The highest BCUT2D eigenvalue weighted by atomic mass is 16.5. The van der Waals surface area contributed by atoms with Crippen LogP contribution in [0.3, 0.4) is 0 Å². The van der Waals surface area contributed by atoms with Gasteiger partial charge in [-0.25, -0.2) is 0 Å². The third-order valence-corrected chi connectivity index (χ3v) is 2.32. The molecule has 2 rings (SSSR count). The number of ether oxygens (including phenoxy) is 1. The summed E-state index contributed by atoms with van der Waals surface area (Å²) in [4.78, 5) is 4.36. The molecule has 0 saturated carbocycles. The maximum absolute atomic E-state index is 5.85. The Kier molecular flexibility index (Phi) is 3.64. The smallest absolute Gasteiger partial charge is 0.239 e. The van der Waals surface area contributed by atoms with E-state index < -0.39 is 0 Å². The zero-order valence-electron chi connectivity index (χ0n) is 11.4. The van der Waals surface area contributed by atoms with Gasteiger partial charge in [-0.15, -0.1) is 0 Å². The predicted octanol–water partition coefficient (Wildman–Crippen LogP) is 3.05. The minimum absolute atomic E-state index is 0.333. The third kappa shape index (κ3) is 3.91. The summed E-state index contributed by atoms with van der Waals surface area (Å²) in [5.41, 5.74) is 6.05. The molecule has 0 saturated heterocycles. The minimum Gasteiger partial charge on any atom is -0.470 e. The average Bonchev–Trinajstić information content (AvgIpc) is 2.81. The van der Waals surface area contributed by atoms with Crippen molar-refractivity contribution in [3.8, 4) is 5.88 Å². The fourth-order valence-electron chi connectivity index (χ4n) is 1.51. The van der Waals surface area contributed by atoms with E-state index in [1.54, 1.807) is 12.3 Å². The van der Waals surface area contributed by atoms with Crippen molar-refractivity contribution in [2.75, 3.05) is 11.1 Å². The Labute approximate surface area is 112 Å². The van der Waals surface area contributed by atoms with E-state index in [9.17, 15) is 0 Å². The highest BCUT2D eigenvalue weighted by Crippen LogP contribution is 2.25. The summed E-state index contributed by atoms with van der Waals surface area (Å²) in [6.45, 7) is 6.43. The van der Waals surface area contributed by atoms with Gasteiger partial charge in [0.1, 0.15) is 17.2 Å². The highest BCUT2D eigenvalue weighted by Gasteiger charge is 2.15. The molecule has 0 aromatic carbocycles. The van der Waals surface area contributed by atoms with Crippen LogP contribution in [0.5, 0.6) is 5.88 Å². The number of nitrogens with zero attached hydrogens (tertiary/aromatic N) is 1. The SMILES string of the molecule is CC(C)(C)Oc1nc(NCc2ccco2)ccc1N. The first kappa shape index (κ1) is 13.3. The van der Waals surface area contributed by atoms with Gasteiger partial charge in [0, 0.05) is 0 Å². The predicted molar refractivity (Wildman–Crippen MR) is 75.1 cm³/mol. The summed E-state index contributed by atoms with van der Waals surface area (Å²) < 4.78 is 11.0. The molecule has 0 amide bonds. The van der Waals surface area contributed by atoms with Crippen LogP contribution in [0.2, 0.25) is 0 Å². The van der Waals surface area contributed by atoms with Crippen molar-refractivity contribution in [2.24, 2.45) is 0 Å². The molecule has 0 aliphatic heterocycles. The van der Waals surface area contributed by atoms with E-state index in [0.29, 0.717) is 23.9 Å². The van der Waals surface area contributed by atoms with Crippen LogP contribution in [0.15, 0.2) is 34.9 Å². The summed E-state index contributed by atoms with van der Waals surface area (Å²) in [5, 5.41) is 3.16. The Morgan fingerprint density at radius 1 is 1.32 bits per heavy atom. The van der Waals surface area contributed by atoms with Gasteiger partial charge >= 0.3 is 0 Å². The second-order valence-corrected chi connectivity index (χ2v) is 5.24. The van der Waals surface area contributed by atoms with Gasteiger partial charge in [-0.1, -0.05) is 0 Å². The van der Waals surface area contributed by atoms with Crippen molar-refractivity contribution in [1.82, 2.24) is 4.98 Å². The van der Waals surface area contributed by atoms with Crippen LogP contribution >= 0.6 is 0 Å². The topological polar surface area (TPSA) is 73.3 Å². The maximum atomic E-state index is 5.85. The highest BCUT2D eigenvalue weighted by molar-refractivity contribution is 5.53. The zero-order chi connectivity index (χ0) is 13.9. The maximum Gasteiger partial charge on any atom is 0.239 e. The number of furan rings is 1. The van der Waals surface area contributed by atoms with Gasteiger partial charge in [0.25, 0.3) is 0 Å². The lowest BCUT2D eigenvalue weighted by molar-refractivity contribution is 0.125. The normalized spacial score (nSPS) is 11.3. The lowest BCUT2D eigenvalue weighted by Crippen LogP contribution is -2.24. The Morgan fingerprint density at radius 2 is 2.11 bits per heavy atom. The number of aromatic nitrogens is 1. The van der Waals surface area contributed by atoms with E-state index in [-0.39, 0.29) is 5.60 Å². The molecule has 2 heterocycles. The first-order chi connectivity index (χ1) is 8.94. The largest absolute Gasteiger partial charge is 0.470 e. The van der Waals surface area contributed by atoms with Gasteiger partial charge in [-0.05, 0) is 45.0 Å². The van der Waals surface area contributed by atoms with Crippen LogP contribution in [0.25, 0.3) is 0 Å². The van der Waals surface area contributed by atoms with Gasteiger partial charge in [0.05, 0.1) is 18.5 Å². The van der Waals surface area contributed by atoms with Crippen molar-refractivity contribution in [1.29, 1.82) is 0 Å². The molecular formula is C14H19N3O2. The van der Waals surface area contributed by atoms with E-state index in [4.69, 9.17) is 14.9 Å². The van der Waals surface area contributed by atoms with Gasteiger partial charge in [-0.2, -0.15) is 4.98 Å². The Morgan fingerprint density at radius 3 is 2.74 bits per heavy atom. The van der Waals surface area contributed by atoms with Crippen molar-refractivity contribution in [3.05, 3.63) is 36.3 Å². The average molecular weight is 261 g/mol. The molecule has 19 heavy (non-hydrogen) atoms. The number of nitrogen functional groups attached to an aromatic ring is 1. The van der Waals surface area contributed by atoms with Crippen LogP contribution in [0, 0.1) is 0 Å². The minimum atomic E-state index is -0.333. The number of anilines is 2. The molecule has 3 N–H and O–H groups in total. The second-order valence-electron chi connectivity index (χ2n) is 5.24. The van der Waals surface area contributed by atoms with Gasteiger partial charge < -0.3 is 20.2 Å². The van der Waals surface area contributed by atoms with E-state index in [0.717, 1.165) is 5.76 Å². The van der Waals surface area contributed by atoms with E-state index >= 15 is 0 Å². The van der Waals surface area contributed by atoms with Crippen molar-refractivity contribution in [3.63, 3.8) is 0 Å². The number of hydrogen-bond donors (Lipinski definition) is 2. The molecule has 5 heteroatoms. The Bertz CT molecular complexity index is 530. The number of hydrogen-bond acceptors (Lipinski definition) is 5. The molecular weight excluding hydrogens is 242 g/mol. The summed E-state index contributed by atoms with van der Waals surface area (Å²) in [7, 11) is 0. The van der Waals surface area contributed by atoms with Gasteiger partial charge in [0.2, 0.25) is 5.88 Å². The lowest BCUT2D eigenvalue weighted by Gasteiger charge is -2.21. The summed E-state index contributed by atoms with van der Waals surface area (Å²) in [6, 6.07) is 7.34. The van der Waals surface area contributed by atoms with Crippen molar-refractivity contribution in [2.45, 2.75) is 32.9 Å². The van der Waals surface area contributed by atoms with Crippen LogP contribution < -0.4 is 15.8 Å². The molecule has 0 atom stereocenters. The van der Waals surface area contributed by atoms with E-state index in [2.05, 4.69) is 10.3 Å². The van der Waals surface area contributed by atoms with Crippen molar-refractivity contribution < 1.29 is 9.15 Å². The summed E-state index contributed by atoms with van der Waals surface area (Å²) >= 11 is 0. The second kappa shape index (κ2) is 5.22. The molecule has 0 bridgehead atoms. The Hall–Kier alpha value is -2.17. The molecule has 0 aliphatic rings. The Balaban J connectivity index is 2.07. The van der Waals surface area contributed by atoms with Crippen molar-refractivity contribution >= 4 is 11.5 Å². The standard InChI is InChI=1S/C14H19N3O2/c1-14(2,3)19-13-11(15)6-7-12(17-13)16-9-10-5-4-8-18-10/h4-8H,9,15H2,1-3H3,(H,16,17). The molecule has 2 aromatic rings. The summed E-state index contributed by atoms with van der Waals surface area (Å²) in [5.74, 6) is 1.98. The molecule has 0 radical (unpaired) electrons. The van der Waals surface area contributed by atoms with Gasteiger partial charge in [-0.3, -0.25) is 0 Å². The first-order valence-corrected chi connectivity index (χ1v) is 6.16. The number of pyridine rings is 1. The monoisotopic (exact) mass is 261 g/mol. The quantitative estimate of drug-likeness (QED) is 0.885. The van der Waals surface area contributed by atoms with E-state index in [1.807, 2.05) is 39.0 Å². The molecule has 0 unspecified atom stereocenters. The first-order valence-electron chi connectivity index (χ1n) is 6.16. The number of nitrogens with one attached hydrogen (secondary N) is 1. The molecule has 0 aliphatic carbocycles. The molecule has 102 valence electrons. The van der Waals surface area contributed by atoms with Crippen LogP contribution in [0.1, 0.15) is 26.5 Å². The third-order valence-electron chi connectivity index (χ3n) is 2.32. The van der Waals surface area contributed by atoms with Crippen LogP contribution in [0.4, 0.5) is 11.5 Å². The summed E-state index contributed by atoms with van der Waals surface area (Å²) in [6.07, 6.45) is 1.64. The number of nitrogens with two attached hydrogens (primary N) is 1. The molecule has 0 spiro atoms. The zero-order valence-corrected chi connectivity index (χ0v) is 11.4. The fraction of sp³-hybridized carbons (Fsp3) is 0.357. The van der Waals surface area contributed by atoms with Crippen LogP contribution in [-0.4, -0.2) is 10.6 Å².